The van der Waals surface area contributed by atoms with Crippen LogP contribution in [0.3, 0.4) is 0 Å². The Morgan fingerprint density at radius 1 is 0.907 bits per heavy atom. The Hall–Kier alpha value is -5.58. The predicted octanol–water partition coefficient (Wildman–Crippen LogP) is 4.59. The Kier molecular flexibility index (Phi) is 7.77. The number of aromatic nitrogens is 3. The average molecular weight is 580 g/mol. The molecule has 11 heteroatoms. The van der Waals surface area contributed by atoms with Crippen molar-refractivity contribution in [2.24, 2.45) is 0 Å². The summed E-state index contributed by atoms with van der Waals surface area (Å²) in [6, 6.07) is 25.9. The van der Waals surface area contributed by atoms with Gasteiger partial charge in [0.05, 0.1) is 19.7 Å². The van der Waals surface area contributed by atoms with E-state index in [-0.39, 0.29) is 25.8 Å². The first kappa shape index (κ1) is 27.6. The van der Waals surface area contributed by atoms with E-state index in [0.717, 1.165) is 5.56 Å². The van der Waals surface area contributed by atoms with Crippen LogP contribution in [0.2, 0.25) is 0 Å². The van der Waals surface area contributed by atoms with Gasteiger partial charge >= 0.3 is 0 Å². The van der Waals surface area contributed by atoms with Crippen molar-refractivity contribution in [2.75, 3.05) is 26.3 Å². The van der Waals surface area contributed by atoms with Gasteiger partial charge in [-0.3, -0.25) is 9.59 Å². The maximum absolute atomic E-state index is 14.2. The number of anilines is 1. The summed E-state index contributed by atoms with van der Waals surface area (Å²) in [4.78, 5) is 29.9. The summed E-state index contributed by atoms with van der Waals surface area (Å²) in [5, 5.41) is 11.4. The molecule has 0 radical (unpaired) electrons. The molecule has 0 saturated carbocycles. The highest BCUT2D eigenvalue weighted by Gasteiger charge is 2.33. The van der Waals surface area contributed by atoms with Gasteiger partial charge in [0.15, 0.2) is 11.5 Å². The van der Waals surface area contributed by atoms with Crippen molar-refractivity contribution in [2.45, 2.75) is 19.1 Å². The molecule has 1 aliphatic rings. The second kappa shape index (κ2) is 12.1. The largest absolute Gasteiger partial charge is 0.497 e. The summed E-state index contributed by atoms with van der Waals surface area (Å²) >= 11 is 0. The minimum absolute atomic E-state index is 0.0787. The van der Waals surface area contributed by atoms with Crippen LogP contribution in [0.25, 0.3) is 11.0 Å². The number of fused-ring (bicyclic) bond motifs is 2. The Bertz CT molecular complexity index is 1750. The number of rotatable bonds is 10. The van der Waals surface area contributed by atoms with Crippen molar-refractivity contribution >= 4 is 28.5 Å². The maximum atomic E-state index is 14.2. The van der Waals surface area contributed by atoms with Crippen LogP contribution in [0, 0.1) is 0 Å². The highest BCUT2D eigenvalue weighted by atomic mass is 16.7. The van der Waals surface area contributed by atoms with E-state index in [0.29, 0.717) is 45.3 Å². The molecule has 1 aliphatic heterocycles. The molecule has 0 saturated heterocycles. The molecule has 1 aromatic heterocycles. The van der Waals surface area contributed by atoms with Gasteiger partial charge in [0.25, 0.3) is 5.91 Å². The molecule has 43 heavy (non-hydrogen) atoms. The molecule has 11 nitrogen and oxygen atoms in total. The summed E-state index contributed by atoms with van der Waals surface area (Å²) in [7, 11) is 3.16. The molecule has 0 aliphatic carbocycles. The smallest absolute Gasteiger partial charge is 0.251 e. The van der Waals surface area contributed by atoms with Crippen molar-refractivity contribution in [3.63, 3.8) is 0 Å². The molecule has 0 spiro atoms. The monoisotopic (exact) mass is 579 g/mol. The first-order valence-electron chi connectivity index (χ1n) is 13.6. The zero-order valence-corrected chi connectivity index (χ0v) is 23.6. The van der Waals surface area contributed by atoms with Gasteiger partial charge in [-0.25, -0.2) is 4.68 Å². The minimum Gasteiger partial charge on any atom is -0.497 e. The van der Waals surface area contributed by atoms with Crippen LogP contribution in [0.4, 0.5) is 5.69 Å². The topological polar surface area (TPSA) is 117 Å². The van der Waals surface area contributed by atoms with Crippen molar-refractivity contribution in [3.05, 3.63) is 102 Å². The molecule has 4 aromatic carbocycles. The van der Waals surface area contributed by atoms with Crippen LogP contribution >= 0.6 is 0 Å². The maximum Gasteiger partial charge on any atom is 0.251 e. The number of hydrogen-bond acceptors (Lipinski definition) is 8. The summed E-state index contributed by atoms with van der Waals surface area (Å²) in [6.07, 6.45) is 0. The number of ether oxygens (including phenoxy) is 4. The molecule has 6 rings (SSSR count). The lowest BCUT2D eigenvalue weighted by Gasteiger charge is -2.32. The first-order valence-corrected chi connectivity index (χ1v) is 13.6. The number of nitrogens with one attached hydrogen (secondary N) is 1. The van der Waals surface area contributed by atoms with E-state index in [1.165, 1.54) is 9.58 Å². The fraction of sp³-hybridized carbons (Fsp3) is 0.188. The number of methoxy groups -OCH3 is 2. The molecule has 1 atom stereocenters. The van der Waals surface area contributed by atoms with E-state index in [2.05, 4.69) is 15.6 Å². The number of para-hydroxylation sites is 1. The van der Waals surface area contributed by atoms with Crippen LogP contribution in [0.1, 0.15) is 17.2 Å². The third-order valence-corrected chi connectivity index (χ3v) is 7.17. The highest BCUT2D eigenvalue weighted by molar-refractivity contribution is 5.98. The van der Waals surface area contributed by atoms with Crippen LogP contribution in [0.5, 0.6) is 23.0 Å². The molecule has 1 N–H and O–H groups in total. The number of nitrogens with zero attached hydrogens (tertiary/aromatic N) is 4. The lowest BCUT2D eigenvalue weighted by molar-refractivity contribution is -0.140. The van der Waals surface area contributed by atoms with E-state index in [1.807, 2.05) is 48.5 Å². The third-order valence-electron chi connectivity index (χ3n) is 7.17. The molecule has 218 valence electrons. The van der Waals surface area contributed by atoms with Crippen molar-refractivity contribution < 1.29 is 28.5 Å². The van der Waals surface area contributed by atoms with E-state index < -0.39 is 11.9 Å². The van der Waals surface area contributed by atoms with E-state index in [4.69, 9.17) is 18.9 Å². The van der Waals surface area contributed by atoms with E-state index in [1.54, 1.807) is 56.7 Å². The Morgan fingerprint density at radius 3 is 2.35 bits per heavy atom. The van der Waals surface area contributed by atoms with E-state index in [9.17, 15) is 9.59 Å². The van der Waals surface area contributed by atoms with Gasteiger partial charge < -0.3 is 29.2 Å². The standard InChI is InChI=1S/C32H29N5O6/c1-40-24-12-7-21(8-13-24)18-36(30(38)19-37-27-6-4-3-5-26(27)34-35-37)31(22-9-16-28-29(17-22)43-20-42-28)32(39)33-23-10-14-25(41-2)15-11-23/h3-17,31H,18-20H2,1-2H3,(H,33,39)/t31-/m1/s1. The number of hydrogen-bond donors (Lipinski definition) is 1. The fourth-order valence-corrected chi connectivity index (χ4v) is 4.95. The van der Waals surface area contributed by atoms with Gasteiger partial charge in [-0.15, -0.1) is 5.10 Å². The quantitative estimate of drug-likeness (QED) is 0.256. The first-order chi connectivity index (χ1) is 21.0. The molecular weight excluding hydrogens is 550 g/mol. The number of carbonyl (C=O) groups is 2. The molecule has 0 unspecified atom stereocenters. The van der Waals surface area contributed by atoms with Gasteiger partial charge in [0, 0.05) is 12.2 Å². The van der Waals surface area contributed by atoms with Gasteiger partial charge in [0.1, 0.15) is 29.6 Å². The zero-order chi connectivity index (χ0) is 29.8. The predicted molar refractivity (Wildman–Crippen MR) is 158 cm³/mol. The van der Waals surface area contributed by atoms with Crippen molar-refractivity contribution in [3.8, 4) is 23.0 Å². The average Bonchev–Trinajstić information content (AvgIpc) is 3.68. The summed E-state index contributed by atoms with van der Waals surface area (Å²) < 4.78 is 23.2. The highest BCUT2D eigenvalue weighted by Crippen LogP contribution is 2.37. The van der Waals surface area contributed by atoms with Gasteiger partial charge in [-0.2, -0.15) is 0 Å². The summed E-state index contributed by atoms with van der Waals surface area (Å²) in [5.74, 6) is 1.66. The zero-order valence-electron chi connectivity index (χ0n) is 23.6. The summed E-state index contributed by atoms with van der Waals surface area (Å²) in [5.41, 5.74) is 3.29. The normalized spacial score (nSPS) is 12.5. The molecule has 2 amide bonds. The van der Waals surface area contributed by atoms with Crippen LogP contribution in [-0.4, -0.2) is 52.7 Å². The SMILES string of the molecule is COc1ccc(CN(C(=O)Cn2nnc3ccccc32)[C@@H](C(=O)Nc2ccc(OC)cc2)c2ccc3c(c2)OCO3)cc1. The Labute approximate surface area is 247 Å². The van der Waals surface area contributed by atoms with Crippen LogP contribution in [-0.2, 0) is 22.7 Å². The van der Waals surface area contributed by atoms with Gasteiger partial charge in [-0.1, -0.05) is 35.5 Å². The van der Waals surface area contributed by atoms with Gasteiger partial charge in [-0.05, 0) is 71.8 Å². The minimum atomic E-state index is -1.04. The number of carbonyl (C=O) groups excluding carboxylic acids is 2. The van der Waals surface area contributed by atoms with Gasteiger partial charge in [0.2, 0.25) is 12.7 Å². The lowest BCUT2D eigenvalue weighted by Crippen LogP contribution is -2.42. The van der Waals surface area contributed by atoms with E-state index >= 15 is 0 Å². The van der Waals surface area contributed by atoms with Crippen LogP contribution in [0.15, 0.2) is 91.0 Å². The second-order valence-corrected chi connectivity index (χ2v) is 9.84. The second-order valence-electron chi connectivity index (χ2n) is 9.84. The molecule has 0 fully saturated rings. The fourth-order valence-electron chi connectivity index (χ4n) is 4.95. The number of benzene rings is 4. The van der Waals surface area contributed by atoms with Crippen molar-refractivity contribution in [1.29, 1.82) is 0 Å². The molecular formula is C32H29N5O6. The Balaban J connectivity index is 1.40. The number of amides is 2. The molecule has 0 bridgehead atoms. The molecule has 5 aromatic rings. The summed E-state index contributed by atoms with van der Waals surface area (Å²) in [6.45, 7) is 0.0769. The van der Waals surface area contributed by atoms with Crippen LogP contribution < -0.4 is 24.3 Å². The third kappa shape index (κ3) is 5.91. The lowest BCUT2D eigenvalue weighted by atomic mass is 10.0. The molecule has 2 heterocycles. The Morgan fingerprint density at radius 2 is 1.60 bits per heavy atom. The van der Waals surface area contributed by atoms with Crippen molar-refractivity contribution in [1.82, 2.24) is 19.9 Å².